The largest absolute Gasteiger partial charge is 0.489 e. The molecule has 0 aromatic heterocycles. The minimum absolute atomic E-state index is 0.0929. The standard InChI is InChI=1S/2C14H20BrNO3S/c2*1-10(2)20(17,18)16-13-4-3-5-14(13)19-12-8-6-11(15)7-9-12/h2*6-10,13-14,16H,3-5H2,1-2H3/t2*13-,14+/m11/s1. The van der Waals surface area contributed by atoms with Crippen LogP contribution in [0.2, 0.25) is 0 Å². The van der Waals surface area contributed by atoms with E-state index in [-0.39, 0.29) is 24.3 Å². The maximum absolute atomic E-state index is 12.0. The fourth-order valence-electron chi connectivity index (χ4n) is 4.47. The second-order valence-corrected chi connectivity index (χ2v) is 17.1. The average molecular weight is 725 g/mol. The van der Waals surface area contributed by atoms with Crippen LogP contribution in [0.3, 0.4) is 0 Å². The lowest BCUT2D eigenvalue weighted by molar-refractivity contribution is 0.185. The number of rotatable bonds is 10. The summed E-state index contributed by atoms with van der Waals surface area (Å²) >= 11 is 6.76. The second kappa shape index (κ2) is 14.8. The van der Waals surface area contributed by atoms with Crippen molar-refractivity contribution in [3.05, 3.63) is 57.5 Å². The van der Waals surface area contributed by atoms with Gasteiger partial charge in [-0.15, -0.1) is 0 Å². The molecule has 0 heterocycles. The molecule has 0 spiro atoms. The van der Waals surface area contributed by atoms with E-state index in [4.69, 9.17) is 9.47 Å². The highest BCUT2D eigenvalue weighted by atomic mass is 79.9. The third kappa shape index (κ3) is 9.97. The van der Waals surface area contributed by atoms with Gasteiger partial charge in [-0.2, -0.15) is 0 Å². The van der Waals surface area contributed by atoms with Crippen LogP contribution < -0.4 is 18.9 Å². The number of benzene rings is 2. The van der Waals surface area contributed by atoms with Gasteiger partial charge in [-0.05, 0) is 115 Å². The molecule has 8 nitrogen and oxygen atoms in total. The fourth-order valence-corrected chi connectivity index (χ4v) is 6.93. The van der Waals surface area contributed by atoms with Gasteiger partial charge >= 0.3 is 0 Å². The van der Waals surface area contributed by atoms with Crippen molar-refractivity contribution >= 4 is 51.9 Å². The normalized spacial score (nSPS) is 23.2. The zero-order valence-corrected chi connectivity index (χ0v) is 28.2. The number of ether oxygens (including phenoxy) is 2. The maximum Gasteiger partial charge on any atom is 0.214 e. The quantitative estimate of drug-likeness (QED) is 0.304. The predicted octanol–water partition coefficient (Wildman–Crippen LogP) is 6.15. The SMILES string of the molecule is CC(C)S(=O)(=O)N[C@@H]1CCC[C@@H]1Oc1ccc(Br)cc1.CC(C)S(=O)(=O)N[C@@H]1CCC[C@@H]1Oc1ccc(Br)cc1. The summed E-state index contributed by atoms with van der Waals surface area (Å²) in [7, 11) is -6.50. The molecular formula is C28H40Br2N2O6S2. The molecule has 2 aliphatic rings. The summed E-state index contributed by atoms with van der Waals surface area (Å²) in [4.78, 5) is 0. The van der Waals surface area contributed by atoms with Crippen LogP contribution in [-0.2, 0) is 20.0 Å². The van der Waals surface area contributed by atoms with Crippen molar-refractivity contribution in [3.8, 4) is 11.5 Å². The van der Waals surface area contributed by atoms with Gasteiger partial charge in [-0.3, -0.25) is 0 Å². The van der Waals surface area contributed by atoms with Crippen LogP contribution in [0.5, 0.6) is 11.5 Å². The summed E-state index contributed by atoms with van der Waals surface area (Å²) < 4.78 is 67.2. The van der Waals surface area contributed by atoms with E-state index in [0.29, 0.717) is 0 Å². The van der Waals surface area contributed by atoms with E-state index in [1.165, 1.54) is 0 Å². The summed E-state index contributed by atoms with van der Waals surface area (Å²) in [6.07, 6.45) is 5.18. The molecule has 0 aliphatic heterocycles. The number of hydrogen-bond donors (Lipinski definition) is 2. The van der Waals surface area contributed by atoms with Gasteiger partial charge in [0.1, 0.15) is 23.7 Å². The topological polar surface area (TPSA) is 111 Å². The van der Waals surface area contributed by atoms with Crippen LogP contribution in [0.25, 0.3) is 0 Å². The zero-order valence-electron chi connectivity index (χ0n) is 23.3. The van der Waals surface area contributed by atoms with Crippen molar-refractivity contribution in [2.75, 3.05) is 0 Å². The van der Waals surface area contributed by atoms with Crippen LogP contribution in [0.15, 0.2) is 57.5 Å². The van der Waals surface area contributed by atoms with E-state index in [0.717, 1.165) is 59.0 Å². The van der Waals surface area contributed by atoms with Crippen molar-refractivity contribution < 1.29 is 26.3 Å². The molecule has 224 valence electrons. The maximum atomic E-state index is 12.0. The van der Waals surface area contributed by atoms with Crippen molar-refractivity contribution in [2.24, 2.45) is 0 Å². The molecule has 2 fully saturated rings. The summed E-state index contributed by atoms with van der Waals surface area (Å²) in [5.74, 6) is 1.54. The van der Waals surface area contributed by atoms with E-state index in [1.807, 2.05) is 48.5 Å². The van der Waals surface area contributed by atoms with E-state index < -0.39 is 30.5 Å². The van der Waals surface area contributed by atoms with Gasteiger partial charge in [-0.25, -0.2) is 26.3 Å². The van der Waals surface area contributed by atoms with Gasteiger partial charge in [0.25, 0.3) is 0 Å². The lowest BCUT2D eigenvalue weighted by atomic mass is 10.2. The monoisotopic (exact) mass is 722 g/mol. The molecule has 0 unspecified atom stereocenters. The Hall–Kier alpha value is -1.18. The third-order valence-electron chi connectivity index (χ3n) is 6.98. The van der Waals surface area contributed by atoms with Gasteiger partial charge in [0, 0.05) is 8.95 Å². The average Bonchev–Trinajstić information content (AvgIpc) is 3.50. The van der Waals surface area contributed by atoms with Crippen LogP contribution in [-0.4, -0.2) is 51.6 Å². The van der Waals surface area contributed by atoms with E-state index in [9.17, 15) is 16.8 Å². The zero-order chi connectivity index (χ0) is 29.5. The van der Waals surface area contributed by atoms with Crippen molar-refractivity contribution in [3.63, 3.8) is 0 Å². The molecule has 4 atom stereocenters. The summed E-state index contributed by atoms with van der Waals surface area (Å²) in [6.45, 7) is 6.73. The van der Waals surface area contributed by atoms with Gasteiger partial charge < -0.3 is 9.47 Å². The molecule has 2 aromatic carbocycles. The number of nitrogens with one attached hydrogen (secondary N) is 2. The first-order valence-electron chi connectivity index (χ1n) is 13.6. The van der Waals surface area contributed by atoms with E-state index >= 15 is 0 Å². The molecule has 0 bridgehead atoms. The highest BCUT2D eigenvalue weighted by molar-refractivity contribution is 9.10. The van der Waals surface area contributed by atoms with Crippen LogP contribution in [0.1, 0.15) is 66.2 Å². The minimum Gasteiger partial charge on any atom is -0.489 e. The predicted molar refractivity (Wildman–Crippen MR) is 167 cm³/mol. The van der Waals surface area contributed by atoms with E-state index in [2.05, 4.69) is 41.3 Å². The molecule has 0 radical (unpaired) electrons. The van der Waals surface area contributed by atoms with Crippen molar-refractivity contribution in [1.82, 2.24) is 9.44 Å². The lowest BCUT2D eigenvalue weighted by Crippen LogP contribution is -2.44. The molecule has 12 heteroatoms. The number of sulfonamides is 2. The Morgan fingerprint density at radius 2 is 0.950 bits per heavy atom. The summed E-state index contributed by atoms with van der Waals surface area (Å²) in [6, 6.07) is 14.9. The number of hydrogen-bond acceptors (Lipinski definition) is 6. The Bertz CT molecular complexity index is 1190. The van der Waals surface area contributed by atoms with Crippen LogP contribution in [0.4, 0.5) is 0 Å². The van der Waals surface area contributed by atoms with Gasteiger partial charge in [0.15, 0.2) is 0 Å². The first-order chi connectivity index (χ1) is 18.8. The number of halogens is 2. The minimum atomic E-state index is -3.25. The summed E-state index contributed by atoms with van der Waals surface area (Å²) in [5, 5.41) is -0.840. The Labute approximate surface area is 256 Å². The fraction of sp³-hybridized carbons (Fsp3) is 0.571. The molecule has 2 N–H and O–H groups in total. The van der Waals surface area contributed by atoms with Crippen LogP contribution >= 0.6 is 31.9 Å². The molecule has 2 aliphatic carbocycles. The van der Waals surface area contributed by atoms with Crippen LogP contribution in [0, 0.1) is 0 Å². The highest BCUT2D eigenvalue weighted by Crippen LogP contribution is 2.28. The van der Waals surface area contributed by atoms with Gasteiger partial charge in [0.2, 0.25) is 20.0 Å². The Morgan fingerprint density at radius 3 is 1.25 bits per heavy atom. The molecule has 4 rings (SSSR count). The first kappa shape index (κ1) is 33.3. The molecule has 2 aromatic rings. The molecule has 0 saturated heterocycles. The molecular weight excluding hydrogens is 684 g/mol. The second-order valence-electron chi connectivity index (χ2n) is 10.7. The molecule has 40 heavy (non-hydrogen) atoms. The lowest BCUT2D eigenvalue weighted by Gasteiger charge is -2.23. The third-order valence-corrected chi connectivity index (χ3v) is 11.8. The Morgan fingerprint density at radius 1 is 0.625 bits per heavy atom. The summed E-state index contributed by atoms with van der Waals surface area (Å²) in [5.41, 5.74) is 0. The Balaban J connectivity index is 0.000000220. The highest BCUT2D eigenvalue weighted by Gasteiger charge is 2.34. The van der Waals surface area contributed by atoms with Gasteiger partial charge in [-0.1, -0.05) is 31.9 Å². The van der Waals surface area contributed by atoms with Crippen molar-refractivity contribution in [2.45, 2.75) is 101 Å². The Kier molecular flexibility index (Phi) is 12.3. The molecule has 2 saturated carbocycles. The van der Waals surface area contributed by atoms with E-state index in [1.54, 1.807) is 27.7 Å². The van der Waals surface area contributed by atoms with Crippen molar-refractivity contribution in [1.29, 1.82) is 0 Å². The smallest absolute Gasteiger partial charge is 0.214 e. The first-order valence-corrected chi connectivity index (χ1v) is 18.3. The van der Waals surface area contributed by atoms with Gasteiger partial charge in [0.05, 0.1) is 22.6 Å². The molecule has 0 amide bonds.